The Labute approximate surface area is 166 Å². The third kappa shape index (κ3) is 4.55. The van der Waals surface area contributed by atoms with Gasteiger partial charge in [0.15, 0.2) is 0 Å². The van der Waals surface area contributed by atoms with Crippen LogP contribution in [0.1, 0.15) is 12.0 Å². The Kier molecular flexibility index (Phi) is 6.06. The molecule has 3 aromatic rings. The van der Waals surface area contributed by atoms with Crippen LogP contribution in [0, 0.1) is 5.92 Å². The van der Waals surface area contributed by atoms with E-state index in [1.165, 1.54) is 11.9 Å². The van der Waals surface area contributed by atoms with E-state index in [4.69, 9.17) is 16.1 Å². The largest absolute Gasteiger partial charge is 0.481 e. The van der Waals surface area contributed by atoms with Gasteiger partial charge in [-0.3, -0.25) is 14.5 Å². The number of benzene rings is 2. The molecule has 0 saturated carbocycles. The molecule has 7 nitrogen and oxygen atoms in total. The first-order valence-corrected chi connectivity index (χ1v) is 8.95. The van der Waals surface area contributed by atoms with E-state index in [0.29, 0.717) is 17.0 Å². The fourth-order valence-electron chi connectivity index (χ4n) is 2.83. The maximum absolute atomic E-state index is 12.9. The van der Waals surface area contributed by atoms with Gasteiger partial charge >= 0.3 is 12.0 Å². The van der Waals surface area contributed by atoms with E-state index in [2.05, 4.69) is 10.1 Å². The highest BCUT2D eigenvalue weighted by atomic mass is 35.5. The smallest absolute Gasteiger partial charge is 0.330 e. The van der Waals surface area contributed by atoms with Gasteiger partial charge < -0.3 is 9.63 Å². The average Bonchev–Trinajstić information content (AvgIpc) is 3.17. The number of hydrogen-bond acceptors (Lipinski definition) is 5. The van der Waals surface area contributed by atoms with Crippen LogP contribution in [0.3, 0.4) is 0 Å². The van der Waals surface area contributed by atoms with Crippen LogP contribution in [-0.2, 0) is 16.0 Å². The Morgan fingerprint density at radius 3 is 2.50 bits per heavy atom. The summed E-state index contributed by atoms with van der Waals surface area (Å²) in [7, 11) is 1.48. The number of carbonyl (C=O) groups excluding carboxylic acids is 1. The molecule has 0 spiro atoms. The highest BCUT2D eigenvalue weighted by Crippen LogP contribution is 2.27. The van der Waals surface area contributed by atoms with Gasteiger partial charge in [0.05, 0.1) is 17.4 Å². The first-order chi connectivity index (χ1) is 13.5. The summed E-state index contributed by atoms with van der Waals surface area (Å²) < 4.78 is 5.20. The molecule has 0 aliphatic rings. The van der Waals surface area contributed by atoms with E-state index >= 15 is 0 Å². The molecule has 0 unspecified atom stereocenters. The van der Waals surface area contributed by atoms with Gasteiger partial charge in [-0.05, 0) is 24.1 Å². The molecule has 3 rings (SSSR count). The molecule has 0 aliphatic carbocycles. The number of carbonyl (C=O) groups is 2. The molecule has 0 radical (unpaired) electrons. The van der Waals surface area contributed by atoms with Crippen LogP contribution in [0.15, 0.2) is 59.1 Å². The van der Waals surface area contributed by atoms with Crippen LogP contribution >= 0.6 is 11.6 Å². The summed E-state index contributed by atoms with van der Waals surface area (Å²) in [5, 5.41) is 13.5. The van der Waals surface area contributed by atoms with Crippen LogP contribution in [0.2, 0.25) is 5.02 Å². The predicted octanol–water partition coefficient (Wildman–Crippen LogP) is 3.69. The minimum atomic E-state index is -1.05. The summed E-state index contributed by atoms with van der Waals surface area (Å²) >= 11 is 6.14. The molecule has 0 fully saturated rings. The molecule has 0 aliphatic heterocycles. The number of anilines is 1. The van der Waals surface area contributed by atoms with Gasteiger partial charge in [0.1, 0.15) is 0 Å². The van der Waals surface area contributed by atoms with Gasteiger partial charge in [-0.15, -0.1) is 0 Å². The van der Waals surface area contributed by atoms with Crippen molar-refractivity contribution in [2.45, 2.75) is 12.8 Å². The number of nitrogens with zero attached hydrogens (tertiary/aromatic N) is 3. The van der Waals surface area contributed by atoms with Crippen molar-refractivity contribution in [3.63, 3.8) is 0 Å². The zero-order valence-electron chi connectivity index (χ0n) is 15.1. The molecular weight excluding hydrogens is 382 g/mol. The summed E-state index contributed by atoms with van der Waals surface area (Å²) in [6.07, 6.45) is -0.00854. The third-order valence-corrected chi connectivity index (χ3v) is 4.57. The summed E-state index contributed by atoms with van der Waals surface area (Å²) in [6.45, 7) is 0. The van der Waals surface area contributed by atoms with Gasteiger partial charge in [0.25, 0.3) is 0 Å². The Hall–Kier alpha value is -3.19. The maximum atomic E-state index is 12.9. The molecular formula is C20H18ClN3O4. The lowest BCUT2D eigenvalue weighted by atomic mass is 9.95. The van der Waals surface area contributed by atoms with Crippen molar-refractivity contribution < 1.29 is 19.2 Å². The lowest BCUT2D eigenvalue weighted by Gasteiger charge is -2.19. The normalized spacial score (nSPS) is 11.8. The van der Waals surface area contributed by atoms with Crippen molar-refractivity contribution in [2.75, 3.05) is 11.9 Å². The molecule has 144 valence electrons. The molecule has 1 amide bonds. The summed E-state index contributed by atoms with van der Waals surface area (Å²) in [6, 6.07) is 16.2. The molecule has 1 atom stereocenters. The van der Waals surface area contributed by atoms with Crippen LogP contribution in [0.4, 0.5) is 6.01 Å². The van der Waals surface area contributed by atoms with Crippen LogP contribution < -0.4 is 4.90 Å². The van der Waals surface area contributed by atoms with E-state index < -0.39 is 17.8 Å². The summed E-state index contributed by atoms with van der Waals surface area (Å²) in [5.74, 6) is -1.98. The first-order valence-electron chi connectivity index (χ1n) is 8.57. The van der Waals surface area contributed by atoms with Crippen LogP contribution in [0.25, 0.3) is 11.4 Å². The van der Waals surface area contributed by atoms with Crippen molar-refractivity contribution in [2.24, 2.45) is 5.92 Å². The fourth-order valence-corrected chi connectivity index (χ4v) is 3.05. The second-order valence-corrected chi connectivity index (χ2v) is 6.67. The lowest BCUT2D eigenvalue weighted by Crippen LogP contribution is -2.35. The van der Waals surface area contributed by atoms with E-state index in [-0.39, 0.29) is 18.3 Å². The molecule has 8 heteroatoms. The van der Waals surface area contributed by atoms with Crippen LogP contribution in [-0.4, -0.2) is 34.2 Å². The van der Waals surface area contributed by atoms with E-state index in [9.17, 15) is 14.7 Å². The third-order valence-electron chi connectivity index (χ3n) is 4.24. The van der Waals surface area contributed by atoms with Gasteiger partial charge in [-0.2, -0.15) is 4.98 Å². The molecule has 2 aromatic carbocycles. The van der Waals surface area contributed by atoms with Gasteiger partial charge in [-0.25, -0.2) is 0 Å². The zero-order chi connectivity index (χ0) is 20.1. The number of aliphatic carboxylic acids is 1. The van der Waals surface area contributed by atoms with Gasteiger partial charge in [0.2, 0.25) is 11.7 Å². The quantitative estimate of drug-likeness (QED) is 0.650. The standard InChI is InChI=1S/C20H18ClN3O4/c1-24(20-22-18(23-28-20)15-9-5-6-10-16(15)21)19(27)14(12-17(25)26)11-13-7-3-2-4-8-13/h2-10,14H,11-12H2,1H3,(H,25,26)/t14-/m1/s1. The molecule has 1 N–H and O–H groups in total. The number of halogens is 1. The Morgan fingerprint density at radius 2 is 1.82 bits per heavy atom. The van der Waals surface area contributed by atoms with Gasteiger partial charge in [0, 0.05) is 12.6 Å². The fraction of sp³-hybridized carbons (Fsp3) is 0.200. The maximum Gasteiger partial charge on any atom is 0.330 e. The first kappa shape index (κ1) is 19.6. The Balaban J connectivity index is 1.81. The van der Waals surface area contributed by atoms with Crippen LogP contribution in [0.5, 0.6) is 0 Å². The minimum Gasteiger partial charge on any atom is -0.481 e. The second kappa shape index (κ2) is 8.67. The van der Waals surface area contributed by atoms with E-state index in [0.717, 1.165) is 5.56 Å². The number of aromatic nitrogens is 2. The molecule has 0 saturated heterocycles. The lowest BCUT2D eigenvalue weighted by molar-refractivity contribution is -0.140. The zero-order valence-corrected chi connectivity index (χ0v) is 15.8. The molecule has 1 aromatic heterocycles. The highest BCUT2D eigenvalue weighted by molar-refractivity contribution is 6.33. The summed E-state index contributed by atoms with van der Waals surface area (Å²) in [5.41, 5.74) is 1.45. The highest BCUT2D eigenvalue weighted by Gasteiger charge is 2.28. The van der Waals surface area contributed by atoms with Gasteiger partial charge in [-0.1, -0.05) is 59.2 Å². The molecule has 1 heterocycles. The minimum absolute atomic E-state index is 0.0247. The number of amides is 1. The molecule has 0 bridgehead atoms. The monoisotopic (exact) mass is 399 g/mol. The Morgan fingerprint density at radius 1 is 1.14 bits per heavy atom. The molecule has 28 heavy (non-hydrogen) atoms. The Bertz CT molecular complexity index is 974. The van der Waals surface area contributed by atoms with E-state index in [1.807, 2.05) is 30.3 Å². The number of hydrogen-bond donors (Lipinski definition) is 1. The number of carboxylic acid groups (broad SMARTS) is 1. The van der Waals surface area contributed by atoms with Crippen molar-refractivity contribution in [1.82, 2.24) is 10.1 Å². The number of rotatable bonds is 7. The topological polar surface area (TPSA) is 96.5 Å². The predicted molar refractivity (Wildman–Crippen MR) is 104 cm³/mol. The van der Waals surface area contributed by atoms with Crippen molar-refractivity contribution in [1.29, 1.82) is 0 Å². The second-order valence-electron chi connectivity index (χ2n) is 6.26. The van der Waals surface area contributed by atoms with Crippen molar-refractivity contribution in [3.05, 3.63) is 65.2 Å². The summed E-state index contributed by atoms with van der Waals surface area (Å²) in [4.78, 5) is 29.6. The average molecular weight is 400 g/mol. The SMILES string of the molecule is CN(C(=O)[C@@H](CC(=O)O)Cc1ccccc1)c1nc(-c2ccccc2Cl)no1. The van der Waals surface area contributed by atoms with Crippen molar-refractivity contribution >= 4 is 29.5 Å². The van der Waals surface area contributed by atoms with Crippen molar-refractivity contribution in [3.8, 4) is 11.4 Å². The van der Waals surface area contributed by atoms with E-state index in [1.54, 1.807) is 24.3 Å². The number of carboxylic acids is 1.